The van der Waals surface area contributed by atoms with Crippen LogP contribution in [0, 0.1) is 5.92 Å². The molecule has 1 atom stereocenters. The number of aromatic nitrogens is 3. The third-order valence-electron chi connectivity index (χ3n) is 3.01. The highest BCUT2D eigenvalue weighted by Crippen LogP contribution is 2.17. The molecule has 0 radical (unpaired) electrons. The van der Waals surface area contributed by atoms with Crippen molar-refractivity contribution in [2.24, 2.45) is 5.92 Å². The van der Waals surface area contributed by atoms with Crippen molar-refractivity contribution in [1.29, 1.82) is 0 Å². The molecule has 2 heterocycles. The Bertz CT molecular complexity index is 312. The lowest BCUT2D eigenvalue weighted by molar-refractivity contribution is 0.276. The van der Waals surface area contributed by atoms with Gasteiger partial charge in [-0.1, -0.05) is 12.1 Å². The van der Waals surface area contributed by atoms with Gasteiger partial charge in [0.25, 0.3) is 0 Å². The Hall–Kier alpha value is -0.940. The fraction of sp³-hybridized carbons (Fsp3) is 0.800. The van der Waals surface area contributed by atoms with Gasteiger partial charge in [0.05, 0.1) is 12.8 Å². The summed E-state index contributed by atoms with van der Waals surface area (Å²) in [4.78, 5) is 2.45. The van der Waals surface area contributed by atoms with Gasteiger partial charge < -0.3 is 10.0 Å². The van der Waals surface area contributed by atoms with Crippen LogP contribution in [0.15, 0.2) is 6.20 Å². The van der Waals surface area contributed by atoms with Crippen molar-refractivity contribution in [1.82, 2.24) is 19.9 Å². The van der Waals surface area contributed by atoms with Gasteiger partial charge in [-0.15, -0.1) is 5.10 Å². The second-order valence-electron chi connectivity index (χ2n) is 4.14. The summed E-state index contributed by atoms with van der Waals surface area (Å²) in [5, 5.41) is 16.7. The molecule has 0 aliphatic carbocycles. The Morgan fingerprint density at radius 2 is 2.47 bits per heavy atom. The lowest BCUT2D eigenvalue weighted by Gasteiger charge is -2.12. The van der Waals surface area contributed by atoms with E-state index in [0.29, 0.717) is 11.6 Å². The van der Waals surface area contributed by atoms with Crippen LogP contribution in [0.5, 0.6) is 0 Å². The second-order valence-corrected chi connectivity index (χ2v) is 4.14. The first-order valence-corrected chi connectivity index (χ1v) is 5.54. The average molecular weight is 210 g/mol. The van der Waals surface area contributed by atoms with Crippen LogP contribution < -0.4 is 0 Å². The van der Waals surface area contributed by atoms with E-state index in [1.807, 2.05) is 10.9 Å². The number of rotatable bonds is 4. The number of aliphatic hydroxyl groups excluding tert-OH is 1. The first-order valence-electron chi connectivity index (χ1n) is 5.54. The molecule has 1 aliphatic heterocycles. The van der Waals surface area contributed by atoms with Gasteiger partial charge in [-0.2, -0.15) is 0 Å². The maximum absolute atomic E-state index is 8.87. The first-order chi connectivity index (χ1) is 7.31. The van der Waals surface area contributed by atoms with Crippen molar-refractivity contribution < 1.29 is 5.11 Å². The summed E-state index contributed by atoms with van der Waals surface area (Å²) in [5.41, 5.74) is 0.653. The molecule has 0 aromatic carbocycles. The summed E-state index contributed by atoms with van der Waals surface area (Å²) < 4.78 is 1.84. The Kier molecular flexibility index (Phi) is 3.33. The van der Waals surface area contributed by atoms with Crippen LogP contribution in [0.25, 0.3) is 0 Å². The standard InChI is InChI=1S/C10H18N4O/c1-2-13-4-3-9(5-13)6-14-7-10(8-15)11-12-14/h7,9,15H,2-6,8H2,1H3. The molecular formula is C10H18N4O. The number of hydrogen-bond donors (Lipinski definition) is 1. The SMILES string of the molecule is CCN1CCC(Cn2cc(CO)nn2)C1. The highest BCUT2D eigenvalue weighted by Gasteiger charge is 2.21. The highest BCUT2D eigenvalue weighted by atomic mass is 16.3. The normalized spacial score (nSPS) is 22.4. The number of hydrogen-bond acceptors (Lipinski definition) is 4. The van der Waals surface area contributed by atoms with Crippen LogP contribution in [0.3, 0.4) is 0 Å². The summed E-state index contributed by atoms with van der Waals surface area (Å²) in [6.45, 7) is 6.58. The molecule has 1 aromatic heterocycles. The van der Waals surface area contributed by atoms with Gasteiger partial charge in [-0.05, 0) is 25.4 Å². The lowest BCUT2D eigenvalue weighted by atomic mass is 10.1. The van der Waals surface area contributed by atoms with E-state index in [0.717, 1.165) is 19.6 Å². The van der Waals surface area contributed by atoms with E-state index in [1.165, 1.54) is 13.0 Å². The predicted octanol–water partition coefficient (Wildman–Crippen LogP) is 0.112. The Labute approximate surface area is 89.7 Å². The van der Waals surface area contributed by atoms with Crippen molar-refractivity contribution in [3.05, 3.63) is 11.9 Å². The minimum Gasteiger partial charge on any atom is -0.390 e. The van der Waals surface area contributed by atoms with Crippen molar-refractivity contribution in [2.45, 2.75) is 26.5 Å². The van der Waals surface area contributed by atoms with Gasteiger partial charge in [0, 0.05) is 13.1 Å². The van der Waals surface area contributed by atoms with E-state index in [9.17, 15) is 0 Å². The molecule has 15 heavy (non-hydrogen) atoms. The average Bonchev–Trinajstić information content (AvgIpc) is 2.87. The molecule has 0 spiro atoms. The van der Waals surface area contributed by atoms with Crippen molar-refractivity contribution >= 4 is 0 Å². The molecule has 0 amide bonds. The van der Waals surface area contributed by atoms with E-state index in [4.69, 9.17) is 5.11 Å². The quantitative estimate of drug-likeness (QED) is 0.766. The molecule has 84 valence electrons. The monoisotopic (exact) mass is 210 g/mol. The summed E-state index contributed by atoms with van der Waals surface area (Å²) in [7, 11) is 0. The van der Waals surface area contributed by atoms with Crippen molar-refractivity contribution in [3.8, 4) is 0 Å². The van der Waals surface area contributed by atoms with Gasteiger partial charge in [0.15, 0.2) is 0 Å². The Morgan fingerprint density at radius 3 is 3.07 bits per heavy atom. The summed E-state index contributed by atoms with van der Waals surface area (Å²) in [5.74, 6) is 0.679. The molecule has 1 fully saturated rings. The molecule has 1 N–H and O–H groups in total. The van der Waals surface area contributed by atoms with Crippen LogP contribution >= 0.6 is 0 Å². The maximum Gasteiger partial charge on any atom is 0.108 e. The van der Waals surface area contributed by atoms with Crippen LogP contribution in [-0.2, 0) is 13.2 Å². The molecule has 1 aliphatic rings. The van der Waals surface area contributed by atoms with E-state index in [1.54, 1.807) is 0 Å². The zero-order valence-electron chi connectivity index (χ0n) is 9.13. The Morgan fingerprint density at radius 1 is 1.60 bits per heavy atom. The third-order valence-corrected chi connectivity index (χ3v) is 3.01. The minimum absolute atomic E-state index is 0.0221. The van der Waals surface area contributed by atoms with Crippen LogP contribution in [0.4, 0.5) is 0 Å². The second kappa shape index (κ2) is 4.72. The number of aliphatic hydroxyl groups is 1. The minimum atomic E-state index is -0.0221. The van der Waals surface area contributed by atoms with Gasteiger partial charge in [0.2, 0.25) is 0 Å². The topological polar surface area (TPSA) is 54.2 Å². The fourth-order valence-corrected chi connectivity index (χ4v) is 2.11. The molecule has 5 nitrogen and oxygen atoms in total. The zero-order valence-corrected chi connectivity index (χ0v) is 9.13. The van der Waals surface area contributed by atoms with Gasteiger partial charge in [0.1, 0.15) is 5.69 Å². The third kappa shape index (κ3) is 2.54. The smallest absolute Gasteiger partial charge is 0.108 e. The largest absolute Gasteiger partial charge is 0.390 e. The zero-order chi connectivity index (χ0) is 10.7. The predicted molar refractivity (Wildman–Crippen MR) is 56.2 cm³/mol. The number of nitrogens with zero attached hydrogens (tertiary/aromatic N) is 4. The molecule has 1 aromatic rings. The van der Waals surface area contributed by atoms with Crippen LogP contribution in [0.1, 0.15) is 19.0 Å². The van der Waals surface area contributed by atoms with Crippen LogP contribution in [-0.4, -0.2) is 44.6 Å². The molecule has 1 unspecified atom stereocenters. The number of likely N-dealkylation sites (tertiary alicyclic amines) is 1. The summed E-state index contributed by atoms with van der Waals surface area (Å²) >= 11 is 0. The van der Waals surface area contributed by atoms with E-state index >= 15 is 0 Å². The molecule has 1 saturated heterocycles. The van der Waals surface area contributed by atoms with E-state index < -0.39 is 0 Å². The van der Waals surface area contributed by atoms with E-state index in [2.05, 4.69) is 22.1 Å². The maximum atomic E-state index is 8.87. The van der Waals surface area contributed by atoms with Gasteiger partial charge in [-0.3, -0.25) is 4.68 Å². The van der Waals surface area contributed by atoms with Gasteiger partial charge in [-0.25, -0.2) is 0 Å². The van der Waals surface area contributed by atoms with Crippen LogP contribution in [0.2, 0.25) is 0 Å². The fourth-order valence-electron chi connectivity index (χ4n) is 2.11. The lowest BCUT2D eigenvalue weighted by Crippen LogP contribution is -2.21. The molecule has 5 heteroatoms. The molecule has 0 bridgehead atoms. The highest BCUT2D eigenvalue weighted by molar-refractivity contribution is 4.89. The van der Waals surface area contributed by atoms with Crippen molar-refractivity contribution in [2.75, 3.05) is 19.6 Å². The molecule has 2 rings (SSSR count). The molecule has 0 saturated carbocycles. The summed E-state index contributed by atoms with van der Waals surface area (Å²) in [6.07, 6.45) is 3.07. The molecular weight excluding hydrogens is 192 g/mol. The summed E-state index contributed by atoms with van der Waals surface area (Å²) in [6, 6.07) is 0. The van der Waals surface area contributed by atoms with E-state index in [-0.39, 0.29) is 6.61 Å². The first kappa shape index (κ1) is 10.6. The van der Waals surface area contributed by atoms with Gasteiger partial charge >= 0.3 is 0 Å². The van der Waals surface area contributed by atoms with Crippen molar-refractivity contribution in [3.63, 3.8) is 0 Å². The Balaban J connectivity index is 1.87.